The number of halogens is 1. The second-order valence-corrected chi connectivity index (χ2v) is 6.77. The van der Waals surface area contributed by atoms with Crippen molar-refractivity contribution >= 4 is 17.2 Å². The minimum Gasteiger partial charge on any atom is -0.320 e. The highest BCUT2D eigenvalue weighted by Crippen LogP contribution is 2.26. The molecule has 0 amide bonds. The first-order valence-corrected chi connectivity index (χ1v) is 9.34. The predicted molar refractivity (Wildman–Crippen MR) is 109 cm³/mol. The zero-order valence-corrected chi connectivity index (χ0v) is 15.8. The highest BCUT2D eigenvalue weighted by molar-refractivity contribution is 6.30. The van der Waals surface area contributed by atoms with E-state index in [1.165, 1.54) is 0 Å². The Balaban J connectivity index is 1.86. The highest BCUT2D eigenvalue weighted by Gasteiger charge is 2.15. The molecule has 0 unspecified atom stereocenters. The van der Waals surface area contributed by atoms with Crippen molar-refractivity contribution in [3.8, 4) is 22.5 Å². The molecule has 4 rings (SSSR count). The van der Waals surface area contributed by atoms with Gasteiger partial charge in [0.15, 0.2) is 11.5 Å². The Kier molecular flexibility index (Phi) is 5.14. The lowest BCUT2D eigenvalue weighted by atomic mass is 10.1. The zero-order valence-electron chi connectivity index (χ0n) is 15.1. The molecule has 2 aromatic carbocycles. The van der Waals surface area contributed by atoms with Crippen LogP contribution in [0.5, 0.6) is 0 Å². The molecule has 1 N–H and O–H groups in total. The van der Waals surface area contributed by atoms with Crippen molar-refractivity contribution in [1.82, 2.24) is 24.9 Å². The molecule has 0 aliphatic heterocycles. The van der Waals surface area contributed by atoms with E-state index in [-0.39, 0.29) is 0 Å². The monoisotopic (exact) mass is 377 g/mol. The molecule has 0 atom stereocenters. The molecule has 4 aromatic rings. The molecular formula is C21H20ClN5. The van der Waals surface area contributed by atoms with Crippen LogP contribution in [0.3, 0.4) is 0 Å². The fourth-order valence-electron chi connectivity index (χ4n) is 3.07. The molecule has 0 saturated heterocycles. The first-order chi connectivity index (χ1) is 13.3. The van der Waals surface area contributed by atoms with Crippen LogP contribution in [0.2, 0.25) is 5.02 Å². The number of benzene rings is 2. The molecule has 0 radical (unpaired) electrons. The molecule has 0 bridgehead atoms. The van der Waals surface area contributed by atoms with Gasteiger partial charge in [0, 0.05) is 22.6 Å². The van der Waals surface area contributed by atoms with Gasteiger partial charge in [-0.1, -0.05) is 41.9 Å². The number of fused-ring (bicyclic) bond motifs is 1. The maximum Gasteiger partial charge on any atom is 0.167 e. The van der Waals surface area contributed by atoms with E-state index in [9.17, 15) is 0 Å². The van der Waals surface area contributed by atoms with E-state index in [2.05, 4.69) is 22.5 Å². The van der Waals surface area contributed by atoms with Crippen molar-refractivity contribution in [2.45, 2.75) is 12.8 Å². The number of aryl methyl sites for hydroxylation is 1. The summed E-state index contributed by atoms with van der Waals surface area (Å²) in [6, 6.07) is 17.8. The Bertz CT molecular complexity index is 1040. The van der Waals surface area contributed by atoms with Crippen LogP contribution in [0.15, 0.2) is 60.8 Å². The summed E-state index contributed by atoms with van der Waals surface area (Å²) in [4.78, 5) is 9.63. The molecule has 0 saturated carbocycles. The van der Waals surface area contributed by atoms with Crippen LogP contribution in [-0.4, -0.2) is 33.2 Å². The van der Waals surface area contributed by atoms with Gasteiger partial charge in [0.1, 0.15) is 5.82 Å². The van der Waals surface area contributed by atoms with Gasteiger partial charge in [0.05, 0.1) is 6.20 Å². The first-order valence-electron chi connectivity index (χ1n) is 8.97. The molecule has 6 heteroatoms. The van der Waals surface area contributed by atoms with E-state index < -0.39 is 0 Å². The summed E-state index contributed by atoms with van der Waals surface area (Å²) in [5.41, 5.74) is 3.86. The average molecular weight is 378 g/mol. The van der Waals surface area contributed by atoms with Gasteiger partial charge in [-0.3, -0.25) is 0 Å². The van der Waals surface area contributed by atoms with E-state index in [1.807, 2.05) is 60.2 Å². The van der Waals surface area contributed by atoms with Crippen molar-refractivity contribution < 1.29 is 0 Å². The molecule has 0 spiro atoms. The highest BCUT2D eigenvalue weighted by atomic mass is 35.5. The topological polar surface area (TPSA) is 55.1 Å². The van der Waals surface area contributed by atoms with Gasteiger partial charge in [-0.25, -0.2) is 14.5 Å². The van der Waals surface area contributed by atoms with E-state index >= 15 is 0 Å². The largest absolute Gasteiger partial charge is 0.320 e. The van der Waals surface area contributed by atoms with Crippen LogP contribution in [0, 0.1) is 0 Å². The Labute approximate surface area is 163 Å². The van der Waals surface area contributed by atoms with Gasteiger partial charge in [-0.15, -0.1) is 0 Å². The summed E-state index contributed by atoms with van der Waals surface area (Å²) in [7, 11) is 1.95. The van der Waals surface area contributed by atoms with E-state index in [0.29, 0.717) is 10.8 Å². The first kappa shape index (κ1) is 17.6. The molecule has 5 nitrogen and oxygen atoms in total. The van der Waals surface area contributed by atoms with Crippen LogP contribution < -0.4 is 5.32 Å². The molecule has 136 valence electrons. The van der Waals surface area contributed by atoms with Gasteiger partial charge in [0.25, 0.3) is 0 Å². The van der Waals surface area contributed by atoms with E-state index in [1.54, 1.807) is 0 Å². The number of nitrogens with zero attached hydrogens (tertiary/aromatic N) is 4. The van der Waals surface area contributed by atoms with Crippen molar-refractivity contribution in [3.05, 3.63) is 71.6 Å². The Morgan fingerprint density at radius 2 is 1.74 bits per heavy atom. The Morgan fingerprint density at radius 1 is 0.963 bits per heavy atom. The summed E-state index contributed by atoms with van der Waals surface area (Å²) in [5.74, 6) is 1.60. The van der Waals surface area contributed by atoms with Crippen LogP contribution in [0.4, 0.5) is 0 Å². The second kappa shape index (κ2) is 7.86. The smallest absolute Gasteiger partial charge is 0.167 e. The normalized spacial score (nSPS) is 11.2. The number of hydrogen-bond acceptors (Lipinski definition) is 4. The summed E-state index contributed by atoms with van der Waals surface area (Å²) in [6.45, 7) is 0.925. The molecule has 27 heavy (non-hydrogen) atoms. The third kappa shape index (κ3) is 3.70. The number of nitrogens with one attached hydrogen (secondary N) is 1. The predicted octanol–water partition coefficient (Wildman–Crippen LogP) is 4.26. The van der Waals surface area contributed by atoms with E-state index in [0.717, 1.165) is 47.5 Å². The van der Waals surface area contributed by atoms with Gasteiger partial charge < -0.3 is 5.32 Å². The molecule has 0 aliphatic rings. The lowest BCUT2D eigenvalue weighted by Gasteiger charge is -2.08. The zero-order chi connectivity index (χ0) is 18.6. The van der Waals surface area contributed by atoms with Crippen molar-refractivity contribution in [2.24, 2.45) is 0 Å². The van der Waals surface area contributed by atoms with Gasteiger partial charge in [0.2, 0.25) is 0 Å². The summed E-state index contributed by atoms with van der Waals surface area (Å²) in [5, 5.41) is 8.45. The van der Waals surface area contributed by atoms with Crippen molar-refractivity contribution in [2.75, 3.05) is 13.6 Å². The molecule has 2 heterocycles. The lowest BCUT2D eigenvalue weighted by molar-refractivity contribution is 0.677. The maximum absolute atomic E-state index is 6.04. The number of hydrogen-bond donors (Lipinski definition) is 1. The molecular weight excluding hydrogens is 358 g/mol. The minimum atomic E-state index is 0.691. The quantitative estimate of drug-likeness (QED) is 0.510. The van der Waals surface area contributed by atoms with Crippen molar-refractivity contribution in [3.63, 3.8) is 0 Å². The molecule has 0 fully saturated rings. The molecule has 0 aliphatic carbocycles. The van der Waals surface area contributed by atoms with Crippen LogP contribution in [0.1, 0.15) is 12.2 Å². The van der Waals surface area contributed by atoms with Crippen LogP contribution >= 0.6 is 11.6 Å². The number of aromatic nitrogens is 4. The fourth-order valence-corrected chi connectivity index (χ4v) is 3.19. The fraction of sp³-hybridized carbons (Fsp3) is 0.190. The third-order valence-corrected chi connectivity index (χ3v) is 4.70. The summed E-state index contributed by atoms with van der Waals surface area (Å²) >= 11 is 6.04. The van der Waals surface area contributed by atoms with Crippen LogP contribution in [0.25, 0.3) is 28.2 Å². The summed E-state index contributed by atoms with van der Waals surface area (Å²) < 4.78 is 1.86. The number of rotatable bonds is 6. The van der Waals surface area contributed by atoms with Gasteiger partial charge >= 0.3 is 0 Å². The maximum atomic E-state index is 6.04. The summed E-state index contributed by atoms with van der Waals surface area (Å²) in [6.07, 6.45) is 3.66. The Morgan fingerprint density at radius 3 is 2.48 bits per heavy atom. The van der Waals surface area contributed by atoms with Gasteiger partial charge in [-0.2, -0.15) is 5.10 Å². The van der Waals surface area contributed by atoms with Crippen molar-refractivity contribution in [1.29, 1.82) is 0 Å². The van der Waals surface area contributed by atoms with Gasteiger partial charge in [-0.05, 0) is 49.8 Å². The second-order valence-electron chi connectivity index (χ2n) is 6.34. The van der Waals surface area contributed by atoms with Crippen LogP contribution in [-0.2, 0) is 6.42 Å². The minimum absolute atomic E-state index is 0.691. The standard InChI is InChI=1S/C21H20ClN5/c1-23-13-5-8-19-25-20(16-9-11-17(22)12-10-16)26-21-18(14-24-27(19)21)15-6-3-2-4-7-15/h2-4,6-7,9-12,14,23H,5,8,13H2,1H3. The third-order valence-electron chi connectivity index (χ3n) is 4.45. The van der Waals surface area contributed by atoms with E-state index in [4.69, 9.17) is 21.6 Å². The molecule has 2 aromatic heterocycles. The average Bonchev–Trinajstić information content (AvgIpc) is 3.13. The Hall–Kier alpha value is -2.76. The lowest BCUT2D eigenvalue weighted by Crippen LogP contribution is -2.12. The SMILES string of the molecule is CNCCCc1nc(-c2ccc(Cl)cc2)nc2c(-c3ccccc3)cnn12.